The van der Waals surface area contributed by atoms with E-state index in [1.54, 1.807) is 19.2 Å². The number of anilines is 1. The first-order valence-corrected chi connectivity index (χ1v) is 5.61. The van der Waals surface area contributed by atoms with Gasteiger partial charge in [0.1, 0.15) is 17.9 Å². The van der Waals surface area contributed by atoms with Crippen LogP contribution in [0.15, 0.2) is 30.6 Å². The molecule has 18 heavy (non-hydrogen) atoms. The Labute approximate surface area is 105 Å². The molecule has 0 aliphatic heterocycles. The Hall–Kier alpha value is -2.14. The van der Waals surface area contributed by atoms with E-state index in [4.69, 9.17) is 9.84 Å². The van der Waals surface area contributed by atoms with E-state index in [1.807, 2.05) is 19.1 Å². The minimum atomic E-state index is 0.0245. The van der Waals surface area contributed by atoms with E-state index < -0.39 is 0 Å². The monoisotopic (exact) mass is 245 g/mol. The Morgan fingerprint density at radius 3 is 2.56 bits per heavy atom. The lowest BCUT2D eigenvalue weighted by molar-refractivity contribution is 0.281. The van der Waals surface area contributed by atoms with Gasteiger partial charge in [-0.15, -0.1) is 0 Å². The zero-order valence-corrected chi connectivity index (χ0v) is 10.3. The van der Waals surface area contributed by atoms with Gasteiger partial charge in [-0.3, -0.25) is 0 Å². The van der Waals surface area contributed by atoms with Crippen molar-refractivity contribution in [1.29, 1.82) is 0 Å². The summed E-state index contributed by atoms with van der Waals surface area (Å²) in [6.45, 7) is 1.92. The summed E-state index contributed by atoms with van der Waals surface area (Å²) in [6.07, 6.45) is 1.45. The molecule has 5 heteroatoms. The van der Waals surface area contributed by atoms with Crippen molar-refractivity contribution in [2.45, 2.75) is 13.5 Å². The Kier molecular flexibility index (Phi) is 3.74. The van der Waals surface area contributed by atoms with Gasteiger partial charge in [-0.25, -0.2) is 9.97 Å². The first kappa shape index (κ1) is 12.3. The second-order valence-corrected chi connectivity index (χ2v) is 3.81. The summed E-state index contributed by atoms with van der Waals surface area (Å²) in [5, 5.41) is 11.9. The van der Waals surface area contributed by atoms with E-state index in [9.17, 15) is 0 Å². The second-order valence-electron chi connectivity index (χ2n) is 3.81. The number of nitrogens with one attached hydrogen (secondary N) is 1. The summed E-state index contributed by atoms with van der Waals surface area (Å²) in [5.41, 5.74) is 1.70. The van der Waals surface area contributed by atoms with Gasteiger partial charge in [-0.2, -0.15) is 0 Å². The van der Waals surface area contributed by atoms with Gasteiger partial charge >= 0.3 is 0 Å². The fourth-order valence-corrected chi connectivity index (χ4v) is 1.56. The van der Waals surface area contributed by atoms with E-state index >= 15 is 0 Å². The number of aromatic nitrogens is 2. The molecule has 0 bridgehead atoms. The van der Waals surface area contributed by atoms with E-state index in [2.05, 4.69) is 15.3 Å². The number of nitrogens with zero attached hydrogens (tertiary/aromatic N) is 2. The molecular weight excluding hydrogens is 230 g/mol. The number of rotatable bonds is 4. The van der Waals surface area contributed by atoms with Crippen molar-refractivity contribution in [3.05, 3.63) is 41.7 Å². The summed E-state index contributed by atoms with van der Waals surface area (Å²) in [4.78, 5) is 8.19. The molecule has 0 spiro atoms. The van der Waals surface area contributed by atoms with Crippen LogP contribution in [0.1, 0.15) is 11.1 Å². The summed E-state index contributed by atoms with van der Waals surface area (Å²) in [5.74, 6) is 1.94. The van der Waals surface area contributed by atoms with Crippen molar-refractivity contribution in [2.24, 2.45) is 0 Å². The van der Waals surface area contributed by atoms with Crippen molar-refractivity contribution in [3.8, 4) is 11.6 Å². The third-order valence-electron chi connectivity index (χ3n) is 2.60. The summed E-state index contributed by atoms with van der Waals surface area (Å²) >= 11 is 0. The molecule has 0 aliphatic rings. The van der Waals surface area contributed by atoms with E-state index in [0.29, 0.717) is 11.6 Å². The van der Waals surface area contributed by atoms with Crippen LogP contribution in [-0.2, 0) is 6.61 Å². The molecule has 0 saturated heterocycles. The van der Waals surface area contributed by atoms with Crippen LogP contribution in [0, 0.1) is 6.92 Å². The molecule has 1 aromatic heterocycles. The lowest BCUT2D eigenvalue weighted by Gasteiger charge is -2.10. The molecule has 2 N–H and O–H groups in total. The minimum absolute atomic E-state index is 0.0245. The zero-order valence-electron chi connectivity index (χ0n) is 10.3. The highest BCUT2D eigenvalue weighted by molar-refractivity contribution is 5.48. The Morgan fingerprint density at radius 2 is 1.94 bits per heavy atom. The van der Waals surface area contributed by atoms with Crippen LogP contribution in [0.4, 0.5) is 5.82 Å². The van der Waals surface area contributed by atoms with Gasteiger partial charge in [0.05, 0.1) is 12.2 Å². The highest BCUT2D eigenvalue weighted by atomic mass is 16.5. The molecular formula is C13H15N3O2. The molecule has 0 aliphatic carbocycles. The fraction of sp³-hybridized carbons (Fsp3) is 0.231. The summed E-state index contributed by atoms with van der Waals surface area (Å²) < 4.78 is 5.68. The van der Waals surface area contributed by atoms with Crippen LogP contribution < -0.4 is 10.1 Å². The van der Waals surface area contributed by atoms with Crippen LogP contribution in [0.2, 0.25) is 0 Å². The van der Waals surface area contributed by atoms with Crippen LogP contribution in [0.3, 0.4) is 0 Å². The molecule has 0 amide bonds. The molecule has 0 radical (unpaired) electrons. The van der Waals surface area contributed by atoms with Crippen LogP contribution >= 0.6 is 0 Å². The van der Waals surface area contributed by atoms with Gasteiger partial charge in [-0.05, 0) is 24.6 Å². The number of hydrogen-bond donors (Lipinski definition) is 2. The molecule has 0 atom stereocenters. The highest BCUT2D eigenvalue weighted by Crippen LogP contribution is 2.25. The SMILES string of the molecule is CNc1ncnc(Oc2ccc(CO)cc2)c1C. The van der Waals surface area contributed by atoms with Crippen molar-refractivity contribution in [3.63, 3.8) is 0 Å². The lowest BCUT2D eigenvalue weighted by atomic mass is 10.2. The van der Waals surface area contributed by atoms with Gasteiger partial charge in [0.25, 0.3) is 0 Å². The molecule has 0 saturated carbocycles. The maximum Gasteiger partial charge on any atom is 0.227 e. The maximum absolute atomic E-state index is 8.96. The van der Waals surface area contributed by atoms with E-state index in [0.717, 1.165) is 16.9 Å². The third-order valence-corrected chi connectivity index (χ3v) is 2.60. The van der Waals surface area contributed by atoms with Gasteiger partial charge in [0.15, 0.2) is 0 Å². The van der Waals surface area contributed by atoms with Crippen molar-refractivity contribution in [2.75, 3.05) is 12.4 Å². The average molecular weight is 245 g/mol. The van der Waals surface area contributed by atoms with Crippen molar-refractivity contribution in [1.82, 2.24) is 9.97 Å². The quantitative estimate of drug-likeness (QED) is 0.863. The predicted octanol–water partition coefficient (Wildman–Crippen LogP) is 2.11. The Morgan fingerprint density at radius 1 is 1.22 bits per heavy atom. The van der Waals surface area contributed by atoms with Gasteiger partial charge in [0.2, 0.25) is 5.88 Å². The van der Waals surface area contributed by atoms with Gasteiger partial charge in [0, 0.05) is 7.05 Å². The number of benzene rings is 1. The van der Waals surface area contributed by atoms with Gasteiger partial charge in [-0.1, -0.05) is 12.1 Å². The zero-order chi connectivity index (χ0) is 13.0. The first-order valence-electron chi connectivity index (χ1n) is 5.61. The number of aliphatic hydroxyl groups excluding tert-OH is 1. The van der Waals surface area contributed by atoms with E-state index in [-0.39, 0.29) is 6.61 Å². The molecule has 1 heterocycles. The minimum Gasteiger partial charge on any atom is -0.439 e. The topological polar surface area (TPSA) is 67.3 Å². The average Bonchev–Trinajstić information content (AvgIpc) is 2.42. The molecule has 5 nitrogen and oxygen atoms in total. The van der Waals surface area contributed by atoms with Crippen molar-refractivity contribution >= 4 is 5.82 Å². The van der Waals surface area contributed by atoms with Crippen LogP contribution in [0.5, 0.6) is 11.6 Å². The summed E-state index contributed by atoms with van der Waals surface area (Å²) in [7, 11) is 1.80. The first-order chi connectivity index (χ1) is 8.74. The molecule has 2 aromatic rings. The molecule has 94 valence electrons. The predicted molar refractivity (Wildman–Crippen MR) is 68.8 cm³/mol. The normalized spacial score (nSPS) is 10.2. The largest absolute Gasteiger partial charge is 0.439 e. The third kappa shape index (κ3) is 2.57. The number of ether oxygens (including phenoxy) is 1. The molecule has 2 rings (SSSR count). The summed E-state index contributed by atoms with van der Waals surface area (Å²) in [6, 6.07) is 7.22. The maximum atomic E-state index is 8.96. The Balaban J connectivity index is 2.22. The smallest absolute Gasteiger partial charge is 0.227 e. The second kappa shape index (κ2) is 5.46. The highest BCUT2D eigenvalue weighted by Gasteiger charge is 2.07. The van der Waals surface area contributed by atoms with E-state index in [1.165, 1.54) is 6.33 Å². The van der Waals surface area contributed by atoms with Gasteiger partial charge < -0.3 is 15.2 Å². The Bertz CT molecular complexity index is 526. The number of hydrogen-bond acceptors (Lipinski definition) is 5. The molecule has 1 aromatic carbocycles. The van der Waals surface area contributed by atoms with Crippen LogP contribution in [-0.4, -0.2) is 22.1 Å². The number of aliphatic hydroxyl groups is 1. The van der Waals surface area contributed by atoms with Crippen LogP contribution in [0.25, 0.3) is 0 Å². The molecule has 0 fully saturated rings. The van der Waals surface area contributed by atoms with Crippen molar-refractivity contribution < 1.29 is 9.84 Å². The molecule has 0 unspecified atom stereocenters. The fourth-order valence-electron chi connectivity index (χ4n) is 1.56. The standard InChI is InChI=1S/C13H15N3O2/c1-9-12(14-2)15-8-16-13(9)18-11-5-3-10(7-17)4-6-11/h3-6,8,17H,7H2,1-2H3,(H,14,15,16). The lowest BCUT2D eigenvalue weighted by Crippen LogP contribution is -1.99.